The fourth-order valence-electron chi connectivity index (χ4n) is 1.50. The Bertz CT molecular complexity index is 597. The van der Waals surface area contributed by atoms with Crippen molar-refractivity contribution in [1.82, 2.24) is 14.5 Å². The highest BCUT2D eigenvalue weighted by atomic mass is 32.1. The minimum atomic E-state index is 0.604. The summed E-state index contributed by atoms with van der Waals surface area (Å²) in [5, 5.41) is 0.604. The van der Waals surface area contributed by atoms with Crippen molar-refractivity contribution in [2.45, 2.75) is 0 Å². The number of nitrogens with zero attached hydrogens (tertiary/aromatic N) is 3. The summed E-state index contributed by atoms with van der Waals surface area (Å²) in [6, 6.07) is 6.03. The predicted molar refractivity (Wildman–Crippen MR) is 61.2 cm³/mol. The Morgan fingerprint density at radius 1 is 1.33 bits per heavy atom. The van der Waals surface area contributed by atoms with Crippen LogP contribution in [0.2, 0.25) is 0 Å². The van der Waals surface area contributed by atoms with Gasteiger partial charge in [0.25, 0.3) is 0 Å². The van der Waals surface area contributed by atoms with Gasteiger partial charge in [0.2, 0.25) is 0 Å². The van der Waals surface area contributed by atoms with Crippen molar-refractivity contribution in [2.75, 3.05) is 5.73 Å². The third-order valence-electron chi connectivity index (χ3n) is 2.19. The zero-order valence-electron chi connectivity index (χ0n) is 7.79. The number of benzene rings is 1. The molecule has 0 spiro atoms. The van der Waals surface area contributed by atoms with Gasteiger partial charge >= 0.3 is 0 Å². The van der Waals surface area contributed by atoms with E-state index in [-0.39, 0.29) is 0 Å². The summed E-state index contributed by atoms with van der Waals surface area (Å²) in [6.07, 6.45) is 5.43. The van der Waals surface area contributed by atoms with Gasteiger partial charge in [0.15, 0.2) is 5.13 Å². The summed E-state index contributed by atoms with van der Waals surface area (Å²) in [5.41, 5.74) is 7.67. The Hall–Kier alpha value is -1.88. The number of thiazole rings is 1. The molecule has 15 heavy (non-hydrogen) atoms. The van der Waals surface area contributed by atoms with Crippen molar-refractivity contribution in [3.05, 3.63) is 36.9 Å². The molecular weight excluding hydrogens is 208 g/mol. The molecule has 0 radical (unpaired) electrons. The summed E-state index contributed by atoms with van der Waals surface area (Å²) in [6.45, 7) is 0. The van der Waals surface area contributed by atoms with Crippen LogP contribution in [0.3, 0.4) is 0 Å². The van der Waals surface area contributed by atoms with Gasteiger partial charge in [0, 0.05) is 18.1 Å². The highest BCUT2D eigenvalue weighted by molar-refractivity contribution is 7.22. The number of hydrogen-bond donors (Lipinski definition) is 1. The molecule has 2 N–H and O–H groups in total. The fourth-order valence-corrected chi connectivity index (χ4v) is 2.27. The third-order valence-corrected chi connectivity index (χ3v) is 3.04. The molecule has 2 aromatic heterocycles. The van der Waals surface area contributed by atoms with Gasteiger partial charge in [-0.3, -0.25) is 0 Å². The van der Waals surface area contributed by atoms with E-state index in [9.17, 15) is 0 Å². The van der Waals surface area contributed by atoms with Crippen molar-refractivity contribution < 1.29 is 0 Å². The molecule has 0 bridgehead atoms. The van der Waals surface area contributed by atoms with E-state index in [1.54, 1.807) is 12.5 Å². The molecule has 0 fully saturated rings. The highest BCUT2D eigenvalue weighted by Crippen LogP contribution is 2.25. The van der Waals surface area contributed by atoms with Crippen LogP contribution in [0.25, 0.3) is 15.9 Å². The molecule has 0 saturated heterocycles. The normalized spacial score (nSPS) is 10.9. The first-order valence-corrected chi connectivity index (χ1v) is 5.29. The lowest BCUT2D eigenvalue weighted by Gasteiger charge is -2.00. The van der Waals surface area contributed by atoms with Crippen molar-refractivity contribution in [1.29, 1.82) is 0 Å². The first-order chi connectivity index (χ1) is 7.33. The van der Waals surface area contributed by atoms with Gasteiger partial charge in [0.05, 0.1) is 16.5 Å². The molecule has 3 aromatic rings. The number of imidazole rings is 1. The number of anilines is 1. The second-order valence-corrected chi connectivity index (χ2v) is 4.24. The molecule has 0 aliphatic heterocycles. The van der Waals surface area contributed by atoms with E-state index in [0.29, 0.717) is 5.13 Å². The quantitative estimate of drug-likeness (QED) is 0.677. The minimum Gasteiger partial charge on any atom is -0.375 e. The van der Waals surface area contributed by atoms with Gasteiger partial charge in [-0.05, 0) is 18.2 Å². The zero-order valence-corrected chi connectivity index (χ0v) is 8.61. The van der Waals surface area contributed by atoms with Crippen LogP contribution in [0.4, 0.5) is 5.13 Å². The van der Waals surface area contributed by atoms with Crippen LogP contribution in [0.1, 0.15) is 0 Å². The van der Waals surface area contributed by atoms with Crippen molar-refractivity contribution >= 4 is 26.7 Å². The average Bonchev–Trinajstić information content (AvgIpc) is 2.82. The number of nitrogen functional groups attached to an aromatic ring is 1. The summed E-state index contributed by atoms with van der Waals surface area (Å²) in [7, 11) is 0. The Morgan fingerprint density at radius 2 is 2.27 bits per heavy atom. The highest BCUT2D eigenvalue weighted by Gasteiger charge is 2.02. The van der Waals surface area contributed by atoms with Crippen molar-refractivity contribution in [2.24, 2.45) is 0 Å². The first kappa shape index (κ1) is 8.43. The van der Waals surface area contributed by atoms with E-state index < -0.39 is 0 Å². The third kappa shape index (κ3) is 1.37. The van der Waals surface area contributed by atoms with Crippen molar-refractivity contribution in [3.63, 3.8) is 0 Å². The number of nitrogens with two attached hydrogens (primary N) is 1. The van der Waals surface area contributed by atoms with Gasteiger partial charge in [-0.2, -0.15) is 0 Å². The molecule has 3 rings (SSSR count). The maximum Gasteiger partial charge on any atom is 0.181 e. The first-order valence-electron chi connectivity index (χ1n) is 4.47. The van der Waals surface area contributed by atoms with E-state index >= 15 is 0 Å². The van der Waals surface area contributed by atoms with Crippen molar-refractivity contribution in [3.8, 4) is 5.69 Å². The lowest BCUT2D eigenvalue weighted by Crippen LogP contribution is -1.88. The fraction of sp³-hybridized carbons (Fsp3) is 0. The molecular formula is C10H8N4S. The maximum atomic E-state index is 5.65. The topological polar surface area (TPSA) is 56.7 Å². The SMILES string of the molecule is Nc1nc2ccc(-n3ccnc3)cc2s1. The van der Waals surface area contributed by atoms with E-state index in [1.807, 2.05) is 22.9 Å². The lowest BCUT2D eigenvalue weighted by atomic mass is 10.3. The molecule has 0 aliphatic carbocycles. The smallest absolute Gasteiger partial charge is 0.181 e. The van der Waals surface area contributed by atoms with Crippen LogP contribution >= 0.6 is 11.3 Å². The number of hydrogen-bond acceptors (Lipinski definition) is 4. The number of aromatic nitrogens is 3. The monoisotopic (exact) mass is 216 g/mol. The molecule has 0 amide bonds. The molecule has 0 atom stereocenters. The molecule has 0 saturated carbocycles. The van der Waals surface area contributed by atoms with Crippen LogP contribution < -0.4 is 5.73 Å². The van der Waals surface area contributed by atoms with Crippen LogP contribution in [-0.2, 0) is 0 Å². The molecule has 2 heterocycles. The van der Waals surface area contributed by atoms with Crippen LogP contribution in [0.5, 0.6) is 0 Å². The molecule has 0 aliphatic rings. The molecule has 5 heteroatoms. The van der Waals surface area contributed by atoms with E-state index in [0.717, 1.165) is 15.9 Å². The summed E-state index contributed by atoms with van der Waals surface area (Å²) in [5.74, 6) is 0. The molecule has 4 nitrogen and oxygen atoms in total. The summed E-state index contributed by atoms with van der Waals surface area (Å²) < 4.78 is 3.05. The van der Waals surface area contributed by atoms with E-state index in [2.05, 4.69) is 16.0 Å². The Labute approximate surface area is 90.0 Å². The largest absolute Gasteiger partial charge is 0.375 e. The second-order valence-electron chi connectivity index (χ2n) is 3.17. The van der Waals surface area contributed by atoms with Gasteiger partial charge in [-0.15, -0.1) is 0 Å². The predicted octanol–water partition coefficient (Wildman–Crippen LogP) is 2.06. The lowest BCUT2D eigenvalue weighted by molar-refractivity contribution is 1.06. The van der Waals surface area contributed by atoms with Gasteiger partial charge in [0.1, 0.15) is 0 Å². The van der Waals surface area contributed by atoms with Crippen LogP contribution in [0, 0.1) is 0 Å². The summed E-state index contributed by atoms with van der Waals surface area (Å²) >= 11 is 1.50. The van der Waals surface area contributed by atoms with E-state index in [1.165, 1.54) is 11.3 Å². The Kier molecular flexibility index (Phi) is 1.72. The van der Waals surface area contributed by atoms with Gasteiger partial charge in [-0.25, -0.2) is 9.97 Å². The van der Waals surface area contributed by atoms with Gasteiger partial charge in [-0.1, -0.05) is 11.3 Å². The van der Waals surface area contributed by atoms with Gasteiger partial charge < -0.3 is 10.3 Å². The molecule has 1 aromatic carbocycles. The second kappa shape index (κ2) is 3.06. The van der Waals surface area contributed by atoms with E-state index in [4.69, 9.17) is 5.73 Å². The van der Waals surface area contributed by atoms with Crippen LogP contribution in [0.15, 0.2) is 36.9 Å². The minimum absolute atomic E-state index is 0.604. The van der Waals surface area contributed by atoms with Crippen LogP contribution in [-0.4, -0.2) is 14.5 Å². The maximum absolute atomic E-state index is 5.65. The standard InChI is InChI=1S/C10H8N4S/c11-10-13-8-2-1-7(5-9(8)15-10)14-4-3-12-6-14/h1-6H,(H2,11,13). The zero-order chi connectivity index (χ0) is 10.3. The molecule has 74 valence electrons. The Morgan fingerprint density at radius 3 is 3.07 bits per heavy atom. The molecule has 0 unspecified atom stereocenters. The number of fused-ring (bicyclic) bond motifs is 1. The summed E-state index contributed by atoms with van der Waals surface area (Å²) in [4.78, 5) is 8.22. The number of rotatable bonds is 1. The Balaban J connectivity index is 2.21. The average molecular weight is 216 g/mol.